The number of rotatable bonds is 11. The van der Waals surface area contributed by atoms with E-state index in [0.29, 0.717) is 6.04 Å². The lowest BCUT2D eigenvalue weighted by Gasteiger charge is -2.25. The van der Waals surface area contributed by atoms with Crippen LogP contribution in [-0.4, -0.2) is 24.0 Å². The standard InChI is InChI=1S/C17H32N2O/c1-5-7-8-12-19(15(3)4)14-17-10-9-16(20-17)13-18-11-6-2/h9-10,15,18H,5-8,11-14H2,1-4H3. The van der Waals surface area contributed by atoms with Crippen LogP contribution in [0.3, 0.4) is 0 Å². The first kappa shape index (κ1) is 17.3. The highest BCUT2D eigenvalue weighted by Gasteiger charge is 2.12. The lowest BCUT2D eigenvalue weighted by atomic mass is 10.2. The van der Waals surface area contributed by atoms with Gasteiger partial charge in [-0.2, -0.15) is 0 Å². The maximum Gasteiger partial charge on any atom is 0.118 e. The summed E-state index contributed by atoms with van der Waals surface area (Å²) in [5.74, 6) is 2.13. The lowest BCUT2D eigenvalue weighted by molar-refractivity contribution is 0.191. The van der Waals surface area contributed by atoms with Gasteiger partial charge in [0.1, 0.15) is 11.5 Å². The average Bonchev–Trinajstić information content (AvgIpc) is 2.86. The fourth-order valence-electron chi connectivity index (χ4n) is 2.28. The van der Waals surface area contributed by atoms with E-state index in [9.17, 15) is 0 Å². The lowest BCUT2D eigenvalue weighted by Crippen LogP contribution is -2.31. The second kappa shape index (κ2) is 10.0. The summed E-state index contributed by atoms with van der Waals surface area (Å²) in [6.45, 7) is 12.9. The molecule has 0 aliphatic heterocycles. The van der Waals surface area contributed by atoms with E-state index in [0.717, 1.165) is 44.1 Å². The largest absolute Gasteiger partial charge is 0.463 e. The first-order valence-electron chi connectivity index (χ1n) is 8.19. The second-order valence-corrected chi connectivity index (χ2v) is 5.82. The first-order chi connectivity index (χ1) is 9.67. The summed E-state index contributed by atoms with van der Waals surface area (Å²) in [6.07, 6.45) is 5.03. The molecule has 116 valence electrons. The second-order valence-electron chi connectivity index (χ2n) is 5.82. The van der Waals surface area contributed by atoms with Gasteiger partial charge in [0.25, 0.3) is 0 Å². The number of nitrogens with one attached hydrogen (secondary N) is 1. The third kappa shape index (κ3) is 6.58. The van der Waals surface area contributed by atoms with Crippen molar-refractivity contribution in [3.63, 3.8) is 0 Å². The van der Waals surface area contributed by atoms with Crippen molar-refractivity contribution < 1.29 is 4.42 Å². The fraction of sp³-hybridized carbons (Fsp3) is 0.765. The summed E-state index contributed by atoms with van der Waals surface area (Å²) in [7, 11) is 0. The summed E-state index contributed by atoms with van der Waals surface area (Å²) in [5, 5.41) is 3.38. The minimum Gasteiger partial charge on any atom is -0.463 e. The molecule has 0 unspecified atom stereocenters. The topological polar surface area (TPSA) is 28.4 Å². The molecule has 0 aliphatic rings. The molecule has 0 fully saturated rings. The van der Waals surface area contributed by atoms with E-state index < -0.39 is 0 Å². The highest BCUT2D eigenvalue weighted by atomic mass is 16.3. The zero-order valence-corrected chi connectivity index (χ0v) is 13.7. The Balaban J connectivity index is 2.43. The molecular formula is C17H32N2O. The summed E-state index contributed by atoms with van der Waals surface area (Å²) in [6, 6.07) is 4.79. The fourth-order valence-corrected chi connectivity index (χ4v) is 2.28. The molecular weight excluding hydrogens is 248 g/mol. The predicted molar refractivity (Wildman–Crippen MR) is 85.8 cm³/mol. The van der Waals surface area contributed by atoms with Gasteiger partial charge in [-0.25, -0.2) is 0 Å². The smallest absolute Gasteiger partial charge is 0.118 e. The summed E-state index contributed by atoms with van der Waals surface area (Å²) in [4.78, 5) is 2.50. The molecule has 1 aromatic rings. The van der Waals surface area contributed by atoms with Crippen LogP contribution in [0.4, 0.5) is 0 Å². The van der Waals surface area contributed by atoms with E-state index in [4.69, 9.17) is 4.42 Å². The monoisotopic (exact) mass is 280 g/mol. The van der Waals surface area contributed by atoms with Crippen molar-refractivity contribution >= 4 is 0 Å². The molecule has 0 spiro atoms. The molecule has 3 heteroatoms. The van der Waals surface area contributed by atoms with Gasteiger partial charge in [0.2, 0.25) is 0 Å². The van der Waals surface area contributed by atoms with Crippen LogP contribution < -0.4 is 5.32 Å². The minimum absolute atomic E-state index is 0.568. The molecule has 0 bridgehead atoms. The summed E-state index contributed by atoms with van der Waals surface area (Å²) in [5.41, 5.74) is 0. The number of furan rings is 1. The van der Waals surface area contributed by atoms with Crippen molar-refractivity contribution in [2.75, 3.05) is 13.1 Å². The van der Waals surface area contributed by atoms with Gasteiger partial charge in [0.15, 0.2) is 0 Å². The summed E-state index contributed by atoms with van der Waals surface area (Å²) < 4.78 is 5.91. The molecule has 1 N–H and O–H groups in total. The van der Waals surface area contributed by atoms with Gasteiger partial charge in [0, 0.05) is 6.04 Å². The maximum atomic E-state index is 5.91. The Morgan fingerprint density at radius 3 is 2.50 bits per heavy atom. The van der Waals surface area contributed by atoms with Crippen molar-refractivity contribution in [1.82, 2.24) is 10.2 Å². The van der Waals surface area contributed by atoms with Crippen LogP contribution in [0.25, 0.3) is 0 Å². The van der Waals surface area contributed by atoms with Gasteiger partial charge < -0.3 is 9.73 Å². The van der Waals surface area contributed by atoms with Crippen LogP contribution in [0.2, 0.25) is 0 Å². The Kier molecular flexibility index (Phi) is 8.63. The van der Waals surface area contributed by atoms with Crippen LogP contribution in [0.5, 0.6) is 0 Å². The first-order valence-corrected chi connectivity index (χ1v) is 8.19. The molecule has 0 aromatic carbocycles. The van der Waals surface area contributed by atoms with Gasteiger partial charge in [-0.1, -0.05) is 26.7 Å². The van der Waals surface area contributed by atoms with Crippen LogP contribution in [-0.2, 0) is 13.1 Å². The molecule has 20 heavy (non-hydrogen) atoms. The molecule has 0 aliphatic carbocycles. The molecule has 0 atom stereocenters. The highest BCUT2D eigenvalue weighted by Crippen LogP contribution is 2.13. The number of hydrogen-bond acceptors (Lipinski definition) is 3. The number of unbranched alkanes of at least 4 members (excludes halogenated alkanes) is 2. The Hall–Kier alpha value is -0.800. The van der Waals surface area contributed by atoms with Gasteiger partial charge in [-0.05, 0) is 51.9 Å². The van der Waals surface area contributed by atoms with Gasteiger partial charge in [0.05, 0.1) is 13.1 Å². The van der Waals surface area contributed by atoms with E-state index in [2.05, 4.69) is 50.0 Å². The SMILES string of the molecule is CCCCCN(Cc1ccc(CNCCC)o1)C(C)C. The molecule has 1 heterocycles. The molecule has 0 radical (unpaired) electrons. The van der Waals surface area contributed by atoms with E-state index in [1.165, 1.54) is 19.3 Å². The summed E-state index contributed by atoms with van der Waals surface area (Å²) >= 11 is 0. The van der Waals surface area contributed by atoms with Crippen LogP contribution in [0.1, 0.15) is 64.9 Å². The Labute approximate surface area is 124 Å². The van der Waals surface area contributed by atoms with E-state index in [1.807, 2.05) is 0 Å². The van der Waals surface area contributed by atoms with E-state index in [-0.39, 0.29) is 0 Å². The minimum atomic E-state index is 0.568. The number of nitrogens with zero attached hydrogens (tertiary/aromatic N) is 1. The van der Waals surface area contributed by atoms with Crippen LogP contribution in [0, 0.1) is 0 Å². The zero-order chi connectivity index (χ0) is 14.8. The van der Waals surface area contributed by atoms with Crippen molar-refractivity contribution in [3.8, 4) is 0 Å². The van der Waals surface area contributed by atoms with Crippen LogP contribution >= 0.6 is 0 Å². The predicted octanol–water partition coefficient (Wildman–Crippen LogP) is 4.18. The maximum absolute atomic E-state index is 5.91. The van der Waals surface area contributed by atoms with Gasteiger partial charge in [-0.15, -0.1) is 0 Å². The average molecular weight is 280 g/mol. The Bertz CT molecular complexity index is 347. The highest BCUT2D eigenvalue weighted by molar-refractivity contribution is 5.07. The molecule has 0 saturated carbocycles. The molecule has 1 aromatic heterocycles. The number of hydrogen-bond donors (Lipinski definition) is 1. The van der Waals surface area contributed by atoms with Crippen molar-refractivity contribution in [3.05, 3.63) is 23.7 Å². The van der Waals surface area contributed by atoms with Crippen molar-refractivity contribution in [1.29, 1.82) is 0 Å². The van der Waals surface area contributed by atoms with Crippen molar-refractivity contribution in [2.45, 2.75) is 72.5 Å². The normalized spacial score (nSPS) is 11.7. The Morgan fingerprint density at radius 2 is 1.85 bits per heavy atom. The molecule has 3 nitrogen and oxygen atoms in total. The van der Waals surface area contributed by atoms with Crippen molar-refractivity contribution in [2.24, 2.45) is 0 Å². The van der Waals surface area contributed by atoms with Gasteiger partial charge in [-0.3, -0.25) is 4.90 Å². The Morgan fingerprint density at radius 1 is 1.10 bits per heavy atom. The van der Waals surface area contributed by atoms with E-state index in [1.54, 1.807) is 0 Å². The van der Waals surface area contributed by atoms with E-state index >= 15 is 0 Å². The molecule has 0 saturated heterocycles. The van der Waals surface area contributed by atoms with Gasteiger partial charge >= 0.3 is 0 Å². The molecule has 1 rings (SSSR count). The molecule has 0 amide bonds. The van der Waals surface area contributed by atoms with Crippen LogP contribution in [0.15, 0.2) is 16.5 Å². The third-order valence-electron chi connectivity index (χ3n) is 3.58. The zero-order valence-electron chi connectivity index (χ0n) is 13.7. The quantitative estimate of drug-likeness (QED) is 0.616. The third-order valence-corrected chi connectivity index (χ3v) is 3.58.